The van der Waals surface area contributed by atoms with E-state index in [0.29, 0.717) is 18.1 Å². The Labute approximate surface area is 172 Å². The van der Waals surface area contributed by atoms with E-state index >= 15 is 0 Å². The van der Waals surface area contributed by atoms with Gasteiger partial charge in [0.25, 0.3) is 5.91 Å². The summed E-state index contributed by atoms with van der Waals surface area (Å²) in [5.41, 5.74) is 0.884. The maximum atomic E-state index is 12.8. The molecule has 8 nitrogen and oxygen atoms in total. The van der Waals surface area contributed by atoms with Gasteiger partial charge < -0.3 is 19.4 Å². The number of benzene rings is 1. The molecule has 5 rings (SSSR count). The van der Waals surface area contributed by atoms with Crippen LogP contribution in [-0.4, -0.2) is 78.5 Å². The molecule has 2 saturated heterocycles. The molecule has 9 heteroatoms. The Balaban J connectivity index is 1.21. The van der Waals surface area contributed by atoms with Crippen LogP contribution in [0.2, 0.25) is 0 Å². The van der Waals surface area contributed by atoms with E-state index in [2.05, 4.69) is 25.0 Å². The van der Waals surface area contributed by atoms with Crippen LogP contribution in [0.25, 0.3) is 10.2 Å². The van der Waals surface area contributed by atoms with Crippen molar-refractivity contribution in [1.29, 1.82) is 0 Å². The molecule has 1 amide bonds. The summed E-state index contributed by atoms with van der Waals surface area (Å²) in [4.78, 5) is 23.6. The van der Waals surface area contributed by atoms with Crippen LogP contribution < -0.4 is 9.80 Å². The molecule has 0 radical (unpaired) electrons. The van der Waals surface area contributed by atoms with E-state index in [1.54, 1.807) is 0 Å². The molecule has 150 valence electrons. The van der Waals surface area contributed by atoms with Gasteiger partial charge in [0.1, 0.15) is 0 Å². The maximum absolute atomic E-state index is 12.8. The first-order valence-corrected chi connectivity index (χ1v) is 10.7. The fourth-order valence-corrected chi connectivity index (χ4v) is 4.62. The molecule has 0 spiro atoms. The van der Waals surface area contributed by atoms with Crippen LogP contribution in [0.4, 0.5) is 11.6 Å². The van der Waals surface area contributed by atoms with Gasteiger partial charge in [0, 0.05) is 39.3 Å². The van der Waals surface area contributed by atoms with Crippen molar-refractivity contribution in [2.75, 3.05) is 62.3 Å². The Bertz CT molecular complexity index is 961. The lowest BCUT2D eigenvalue weighted by Crippen LogP contribution is -2.49. The van der Waals surface area contributed by atoms with Crippen molar-refractivity contribution < 1.29 is 9.53 Å². The first-order chi connectivity index (χ1) is 14.3. The number of rotatable bonds is 3. The predicted octanol–water partition coefficient (Wildman–Crippen LogP) is 1.89. The average molecular weight is 411 g/mol. The van der Waals surface area contributed by atoms with Gasteiger partial charge in [-0.05, 0) is 24.3 Å². The molecule has 2 aliphatic rings. The number of fused-ring (bicyclic) bond motifs is 1. The number of para-hydroxylation sites is 1. The second-order valence-corrected chi connectivity index (χ2v) is 8.15. The summed E-state index contributed by atoms with van der Waals surface area (Å²) in [7, 11) is 0. The molecule has 2 aliphatic heterocycles. The number of ether oxygens (including phenoxy) is 1. The van der Waals surface area contributed by atoms with E-state index in [0.717, 1.165) is 61.2 Å². The number of amides is 1. The van der Waals surface area contributed by atoms with Crippen molar-refractivity contribution in [3.63, 3.8) is 0 Å². The average Bonchev–Trinajstić information content (AvgIpc) is 3.24. The monoisotopic (exact) mass is 410 g/mol. The van der Waals surface area contributed by atoms with E-state index in [1.165, 1.54) is 11.3 Å². The number of thiazole rings is 1. The van der Waals surface area contributed by atoms with Gasteiger partial charge in [0.05, 0.1) is 23.4 Å². The summed E-state index contributed by atoms with van der Waals surface area (Å²) < 4.78 is 6.43. The van der Waals surface area contributed by atoms with E-state index < -0.39 is 0 Å². The van der Waals surface area contributed by atoms with Gasteiger partial charge in [-0.25, -0.2) is 4.98 Å². The molecular weight excluding hydrogens is 388 g/mol. The zero-order chi connectivity index (χ0) is 19.6. The lowest BCUT2D eigenvalue weighted by atomic mass is 10.3. The van der Waals surface area contributed by atoms with Crippen LogP contribution in [-0.2, 0) is 4.74 Å². The highest BCUT2D eigenvalue weighted by molar-refractivity contribution is 7.20. The number of hydrogen-bond donors (Lipinski definition) is 0. The number of carbonyl (C=O) groups excluding carboxylic acids is 1. The normalized spacial score (nSPS) is 17.7. The second kappa shape index (κ2) is 7.92. The maximum Gasteiger partial charge on any atom is 0.282 e. The van der Waals surface area contributed by atoms with Gasteiger partial charge in [-0.1, -0.05) is 12.1 Å². The van der Waals surface area contributed by atoms with Crippen molar-refractivity contribution in [1.82, 2.24) is 20.1 Å². The highest BCUT2D eigenvalue weighted by Gasteiger charge is 2.25. The summed E-state index contributed by atoms with van der Waals surface area (Å²) in [6.07, 6.45) is 0. The molecule has 0 unspecified atom stereocenters. The van der Waals surface area contributed by atoms with Crippen molar-refractivity contribution in [3.8, 4) is 0 Å². The molecule has 0 aliphatic carbocycles. The van der Waals surface area contributed by atoms with E-state index in [4.69, 9.17) is 4.74 Å². The van der Waals surface area contributed by atoms with Gasteiger partial charge in [0.2, 0.25) is 0 Å². The Hall–Kier alpha value is -2.78. The summed E-state index contributed by atoms with van der Waals surface area (Å²) in [5, 5.41) is 9.37. The Morgan fingerprint density at radius 2 is 1.52 bits per heavy atom. The van der Waals surface area contributed by atoms with Crippen LogP contribution in [0, 0.1) is 0 Å². The first kappa shape index (κ1) is 18.3. The largest absolute Gasteiger partial charge is 0.378 e. The van der Waals surface area contributed by atoms with Crippen LogP contribution in [0.15, 0.2) is 36.4 Å². The minimum absolute atomic E-state index is 0.0135. The van der Waals surface area contributed by atoms with Gasteiger partial charge in [-0.3, -0.25) is 4.79 Å². The summed E-state index contributed by atoms with van der Waals surface area (Å²) in [5.74, 6) is 1.76. The number of carbonyl (C=O) groups is 1. The number of morpholine rings is 1. The molecule has 29 heavy (non-hydrogen) atoms. The third-order valence-corrected chi connectivity index (χ3v) is 6.36. The molecule has 1 aromatic carbocycles. The highest BCUT2D eigenvalue weighted by Crippen LogP contribution is 2.24. The molecule has 2 aromatic heterocycles. The van der Waals surface area contributed by atoms with Gasteiger partial charge in [-0.2, -0.15) is 0 Å². The molecule has 0 bridgehead atoms. The van der Waals surface area contributed by atoms with Crippen molar-refractivity contribution in [3.05, 3.63) is 41.4 Å². The Morgan fingerprint density at radius 3 is 2.17 bits per heavy atom. The predicted molar refractivity (Wildman–Crippen MR) is 113 cm³/mol. The smallest absolute Gasteiger partial charge is 0.282 e. The minimum atomic E-state index is 0.0135. The molecule has 2 fully saturated rings. The topological polar surface area (TPSA) is 74.7 Å². The number of anilines is 2. The number of nitrogens with zero attached hydrogens (tertiary/aromatic N) is 6. The zero-order valence-electron chi connectivity index (χ0n) is 16.0. The van der Waals surface area contributed by atoms with E-state index in [-0.39, 0.29) is 5.91 Å². The third kappa shape index (κ3) is 3.75. The molecule has 0 atom stereocenters. The van der Waals surface area contributed by atoms with Crippen molar-refractivity contribution >= 4 is 39.1 Å². The van der Waals surface area contributed by atoms with Crippen LogP contribution in [0.1, 0.15) is 9.80 Å². The standard InChI is InChI=1S/C20H22N6O2S/c27-20(19-21-15-3-1-2-4-16(15)29-19)26-9-7-24(8-10-26)17-5-6-18(23-22-17)25-11-13-28-14-12-25/h1-6H,7-14H2. The van der Waals surface area contributed by atoms with Crippen molar-refractivity contribution in [2.24, 2.45) is 0 Å². The first-order valence-electron chi connectivity index (χ1n) is 9.84. The minimum Gasteiger partial charge on any atom is -0.378 e. The van der Waals surface area contributed by atoms with Gasteiger partial charge in [0.15, 0.2) is 16.6 Å². The second-order valence-electron chi connectivity index (χ2n) is 7.12. The summed E-state index contributed by atoms with van der Waals surface area (Å²) >= 11 is 1.46. The Morgan fingerprint density at radius 1 is 0.862 bits per heavy atom. The van der Waals surface area contributed by atoms with Gasteiger partial charge in [-0.15, -0.1) is 21.5 Å². The molecule has 0 N–H and O–H groups in total. The lowest BCUT2D eigenvalue weighted by Gasteiger charge is -2.35. The summed E-state index contributed by atoms with van der Waals surface area (Å²) in [6, 6.07) is 11.9. The lowest BCUT2D eigenvalue weighted by molar-refractivity contribution is 0.0746. The number of hydrogen-bond acceptors (Lipinski definition) is 8. The van der Waals surface area contributed by atoms with Crippen molar-refractivity contribution in [2.45, 2.75) is 0 Å². The van der Waals surface area contributed by atoms with Gasteiger partial charge >= 0.3 is 0 Å². The van der Waals surface area contributed by atoms with Crippen LogP contribution in [0.3, 0.4) is 0 Å². The van der Waals surface area contributed by atoms with E-state index in [9.17, 15) is 4.79 Å². The molecular formula is C20H22N6O2S. The summed E-state index contributed by atoms with van der Waals surface area (Å²) in [6.45, 7) is 5.94. The highest BCUT2D eigenvalue weighted by atomic mass is 32.1. The quantitative estimate of drug-likeness (QED) is 0.653. The van der Waals surface area contributed by atoms with Crippen LogP contribution >= 0.6 is 11.3 Å². The molecule has 4 heterocycles. The SMILES string of the molecule is O=C(c1nc2ccccc2s1)N1CCN(c2ccc(N3CCOCC3)nn2)CC1. The van der Waals surface area contributed by atoms with Crippen LogP contribution in [0.5, 0.6) is 0 Å². The number of piperazine rings is 1. The fraction of sp³-hybridized carbons (Fsp3) is 0.400. The van der Waals surface area contributed by atoms with E-state index in [1.807, 2.05) is 41.3 Å². The molecule has 0 saturated carbocycles. The molecule has 3 aromatic rings. The third-order valence-electron chi connectivity index (χ3n) is 5.34. The zero-order valence-corrected chi connectivity index (χ0v) is 16.8. The Kier molecular flexibility index (Phi) is 4.99. The fourth-order valence-electron chi connectivity index (χ4n) is 3.69. The number of aromatic nitrogens is 3.